The van der Waals surface area contributed by atoms with Gasteiger partial charge in [0.25, 0.3) is 4.84 Å². The quantitative estimate of drug-likeness (QED) is 0.594. The summed E-state index contributed by atoms with van der Waals surface area (Å²) in [4.78, 5) is 12.3. The van der Waals surface area contributed by atoms with Crippen molar-refractivity contribution in [3.8, 4) is 5.75 Å². The third-order valence-electron chi connectivity index (χ3n) is 2.95. The Hall–Kier alpha value is -2.11. The predicted molar refractivity (Wildman–Crippen MR) is 82.6 cm³/mol. The van der Waals surface area contributed by atoms with Crippen LogP contribution in [-0.4, -0.2) is 10.7 Å². The third kappa shape index (κ3) is 2.70. The Bertz CT molecular complexity index is 880. The molecule has 0 aliphatic carbocycles. The van der Waals surface area contributed by atoms with Crippen molar-refractivity contribution in [3.63, 3.8) is 0 Å². The molecule has 0 radical (unpaired) electrons. The molecule has 0 bridgehead atoms. The molecule has 0 atom stereocenters. The van der Waals surface area contributed by atoms with Gasteiger partial charge in [0, 0.05) is 5.02 Å². The fraction of sp³-hybridized carbons (Fsp3) is 0.0667. The normalized spacial score (nSPS) is 10.8. The second-order valence-corrected chi connectivity index (χ2v) is 5.28. The maximum atomic E-state index is 12.3. The van der Waals surface area contributed by atoms with Gasteiger partial charge in [-0.15, -0.1) is 0 Å². The summed E-state index contributed by atoms with van der Waals surface area (Å²) in [6.07, 6.45) is -0.634. The molecule has 0 N–H and O–H groups in total. The molecule has 1 heterocycles. The van der Waals surface area contributed by atoms with Gasteiger partial charge in [0.2, 0.25) is 0 Å². The van der Waals surface area contributed by atoms with Crippen molar-refractivity contribution in [3.05, 3.63) is 57.9 Å². The van der Waals surface area contributed by atoms with Gasteiger partial charge in [-0.2, -0.15) is 0 Å². The van der Waals surface area contributed by atoms with Gasteiger partial charge in [-0.1, -0.05) is 29.3 Å². The molecule has 0 aliphatic heterocycles. The van der Waals surface area contributed by atoms with Crippen molar-refractivity contribution in [2.75, 3.05) is 0 Å². The lowest BCUT2D eigenvalue weighted by Crippen LogP contribution is -2.16. The molecule has 0 unspecified atom stereocenters. The monoisotopic (exact) mass is 319 g/mol. The lowest BCUT2D eigenvalue weighted by atomic mass is 10.2. The molecule has 4 nitrogen and oxygen atoms in total. The Morgan fingerprint density at radius 3 is 2.67 bits per heavy atom. The van der Waals surface area contributed by atoms with Crippen molar-refractivity contribution < 1.29 is 13.9 Å². The zero-order valence-corrected chi connectivity index (χ0v) is 12.6. The van der Waals surface area contributed by atoms with Crippen LogP contribution in [0.3, 0.4) is 0 Å². The number of carbonyl (C=O) groups is 1. The summed E-state index contributed by atoms with van der Waals surface area (Å²) in [5, 5.41) is 0.482. The highest BCUT2D eigenvalue weighted by Crippen LogP contribution is 2.22. The minimum absolute atomic E-state index is 0.0179. The van der Waals surface area contributed by atoms with Crippen molar-refractivity contribution in [1.29, 1.82) is 0 Å². The molecule has 6 heteroatoms. The number of benzene rings is 2. The van der Waals surface area contributed by atoms with Crippen molar-refractivity contribution >= 4 is 41.0 Å². The van der Waals surface area contributed by atoms with E-state index < -0.39 is 6.09 Å². The van der Waals surface area contributed by atoms with Crippen LogP contribution in [-0.2, 0) is 0 Å². The van der Waals surface area contributed by atoms with Gasteiger partial charge in [0.1, 0.15) is 11.3 Å². The SMILES string of the molecule is Cc1ccc(OC(=O)n2c(=S)oc3ccc(Cl)cc32)cc1. The number of hydrogen-bond acceptors (Lipinski definition) is 4. The van der Waals surface area contributed by atoms with Crippen molar-refractivity contribution in [2.45, 2.75) is 6.92 Å². The summed E-state index contributed by atoms with van der Waals surface area (Å²) in [6, 6.07) is 12.1. The zero-order chi connectivity index (χ0) is 15.0. The maximum Gasteiger partial charge on any atom is 0.427 e. The zero-order valence-electron chi connectivity index (χ0n) is 11.0. The van der Waals surface area contributed by atoms with E-state index in [9.17, 15) is 4.79 Å². The number of halogens is 1. The first kappa shape index (κ1) is 13.9. The fourth-order valence-corrected chi connectivity index (χ4v) is 2.34. The van der Waals surface area contributed by atoms with Crippen molar-refractivity contribution in [2.24, 2.45) is 0 Å². The van der Waals surface area contributed by atoms with Crippen LogP contribution in [0.4, 0.5) is 4.79 Å². The molecule has 0 fully saturated rings. The van der Waals surface area contributed by atoms with Gasteiger partial charge >= 0.3 is 6.09 Å². The summed E-state index contributed by atoms with van der Waals surface area (Å²) in [5.74, 6) is 0.434. The van der Waals surface area contributed by atoms with E-state index in [-0.39, 0.29) is 4.84 Å². The van der Waals surface area contributed by atoms with E-state index in [0.29, 0.717) is 21.9 Å². The minimum Gasteiger partial charge on any atom is -0.429 e. The third-order valence-corrected chi connectivity index (χ3v) is 3.45. The molecule has 1 aromatic heterocycles. The van der Waals surface area contributed by atoms with E-state index in [1.54, 1.807) is 30.3 Å². The van der Waals surface area contributed by atoms with Crippen LogP contribution in [0.1, 0.15) is 5.56 Å². The number of nitrogens with zero attached hydrogens (tertiary/aromatic N) is 1. The van der Waals surface area contributed by atoms with Gasteiger partial charge in [-0.25, -0.2) is 9.36 Å². The van der Waals surface area contributed by atoms with Gasteiger partial charge in [-0.05, 0) is 49.5 Å². The fourth-order valence-electron chi connectivity index (χ4n) is 1.92. The second kappa shape index (κ2) is 5.35. The molecule has 0 spiro atoms. The molecule has 21 heavy (non-hydrogen) atoms. The summed E-state index contributed by atoms with van der Waals surface area (Å²) in [7, 11) is 0. The number of fused-ring (bicyclic) bond motifs is 1. The van der Waals surface area contributed by atoms with Crippen LogP contribution in [0.15, 0.2) is 46.9 Å². The Morgan fingerprint density at radius 2 is 1.95 bits per heavy atom. The van der Waals surface area contributed by atoms with Crippen LogP contribution in [0, 0.1) is 11.8 Å². The molecular weight excluding hydrogens is 310 g/mol. The Labute approximate surface area is 130 Å². The molecular formula is C15H10ClNO3S. The standard InChI is InChI=1S/C15H10ClNO3S/c1-9-2-5-11(6-3-9)19-14(18)17-12-8-10(16)4-7-13(12)20-15(17)21/h2-8H,1H3. The van der Waals surface area contributed by atoms with Gasteiger partial charge < -0.3 is 9.15 Å². The number of ether oxygens (including phenoxy) is 1. The first-order valence-electron chi connectivity index (χ1n) is 6.14. The molecule has 0 aliphatic rings. The summed E-state index contributed by atoms with van der Waals surface area (Å²) >= 11 is 11.0. The van der Waals surface area contributed by atoms with E-state index in [1.165, 1.54) is 4.57 Å². The smallest absolute Gasteiger partial charge is 0.427 e. The summed E-state index contributed by atoms with van der Waals surface area (Å²) in [5.41, 5.74) is 2.03. The average Bonchev–Trinajstić information content (AvgIpc) is 2.76. The topological polar surface area (TPSA) is 44.4 Å². The number of oxazole rings is 1. The second-order valence-electron chi connectivity index (χ2n) is 4.50. The largest absolute Gasteiger partial charge is 0.429 e. The van der Waals surface area contributed by atoms with E-state index in [0.717, 1.165) is 5.56 Å². The van der Waals surface area contributed by atoms with Crippen LogP contribution in [0.25, 0.3) is 11.1 Å². The number of rotatable bonds is 1. The molecule has 3 rings (SSSR count). The number of carbonyl (C=O) groups excluding carboxylic acids is 1. The lowest BCUT2D eigenvalue weighted by molar-refractivity contribution is 0.202. The van der Waals surface area contributed by atoms with Gasteiger partial charge in [-0.3, -0.25) is 0 Å². The molecule has 106 valence electrons. The number of hydrogen-bond donors (Lipinski definition) is 0. The highest BCUT2D eigenvalue weighted by atomic mass is 35.5. The average molecular weight is 320 g/mol. The van der Waals surface area contributed by atoms with Crippen LogP contribution >= 0.6 is 23.8 Å². The maximum absolute atomic E-state index is 12.3. The van der Waals surface area contributed by atoms with Gasteiger partial charge in [0.15, 0.2) is 5.58 Å². The molecule has 0 amide bonds. The predicted octanol–water partition coefficient (Wildman–Crippen LogP) is 4.97. The summed E-state index contributed by atoms with van der Waals surface area (Å²) < 4.78 is 11.8. The molecule has 0 saturated carbocycles. The van der Waals surface area contributed by atoms with E-state index >= 15 is 0 Å². The minimum atomic E-state index is -0.634. The first-order valence-corrected chi connectivity index (χ1v) is 6.93. The molecule has 3 aromatic rings. The highest BCUT2D eigenvalue weighted by Gasteiger charge is 2.16. The molecule has 0 saturated heterocycles. The van der Waals surface area contributed by atoms with Crippen LogP contribution in [0.2, 0.25) is 5.02 Å². The highest BCUT2D eigenvalue weighted by molar-refractivity contribution is 7.71. The molecule has 2 aromatic carbocycles. The lowest BCUT2D eigenvalue weighted by Gasteiger charge is -2.05. The first-order chi connectivity index (χ1) is 10.0. The van der Waals surface area contributed by atoms with Crippen LogP contribution < -0.4 is 4.74 Å². The van der Waals surface area contributed by atoms with E-state index in [4.69, 9.17) is 33.0 Å². The van der Waals surface area contributed by atoms with E-state index in [1.807, 2.05) is 19.1 Å². The Balaban J connectivity index is 2.01. The van der Waals surface area contributed by atoms with Gasteiger partial charge in [0.05, 0.1) is 0 Å². The van der Waals surface area contributed by atoms with Crippen molar-refractivity contribution in [1.82, 2.24) is 4.57 Å². The Kier molecular flexibility index (Phi) is 3.53. The number of aryl methyl sites for hydroxylation is 1. The van der Waals surface area contributed by atoms with E-state index in [2.05, 4.69) is 0 Å². The number of aromatic nitrogens is 1. The summed E-state index contributed by atoms with van der Waals surface area (Å²) in [6.45, 7) is 1.95. The van der Waals surface area contributed by atoms with Crippen LogP contribution in [0.5, 0.6) is 5.75 Å². The Morgan fingerprint density at radius 1 is 1.24 bits per heavy atom.